The van der Waals surface area contributed by atoms with Gasteiger partial charge < -0.3 is 9.13 Å². The number of hydrogen-bond donors (Lipinski definition) is 0. The first-order valence-electron chi connectivity index (χ1n) is 19.0. The van der Waals surface area contributed by atoms with E-state index >= 15 is 0 Å². The summed E-state index contributed by atoms with van der Waals surface area (Å²) >= 11 is 0. The molecule has 11 rings (SSSR count). The van der Waals surface area contributed by atoms with Crippen molar-refractivity contribution in [3.05, 3.63) is 206 Å². The summed E-state index contributed by atoms with van der Waals surface area (Å²) in [6.45, 7) is 0. The van der Waals surface area contributed by atoms with Crippen LogP contribution in [0.4, 0.5) is 0 Å². The number of rotatable bonds is 6. The standard InChI is InChI=1S/C52H34N4/c1-4-14-35(15-5-1)39-32-45(36-16-6-2-7-17-36)54-46(33-39)37-25-28-41(29-26-37)56-49-24-13-31-53-52(49)44-30-27-38(34-50(44)56)42-21-12-23-48-51(42)43-20-10-11-22-47(43)55(48)40-18-8-3-9-19-40/h1-34H. The van der Waals surface area contributed by atoms with Crippen molar-refractivity contribution in [2.45, 2.75) is 0 Å². The van der Waals surface area contributed by atoms with Gasteiger partial charge >= 0.3 is 0 Å². The van der Waals surface area contributed by atoms with E-state index in [1.165, 1.54) is 32.9 Å². The van der Waals surface area contributed by atoms with Crippen LogP contribution >= 0.6 is 0 Å². The maximum absolute atomic E-state index is 5.19. The molecule has 11 aromatic rings. The predicted molar refractivity (Wildman–Crippen MR) is 232 cm³/mol. The fourth-order valence-electron chi connectivity index (χ4n) is 8.41. The summed E-state index contributed by atoms with van der Waals surface area (Å²) in [4.78, 5) is 10.1. The van der Waals surface area contributed by atoms with Gasteiger partial charge in [0.25, 0.3) is 0 Å². The minimum atomic E-state index is 0.936. The molecule has 0 unspecified atom stereocenters. The van der Waals surface area contributed by atoms with Crippen LogP contribution in [0.15, 0.2) is 206 Å². The Morgan fingerprint density at radius 3 is 1.70 bits per heavy atom. The van der Waals surface area contributed by atoms with Crippen LogP contribution in [-0.4, -0.2) is 19.1 Å². The van der Waals surface area contributed by atoms with Crippen molar-refractivity contribution in [3.63, 3.8) is 0 Å². The molecule has 262 valence electrons. The van der Waals surface area contributed by atoms with Gasteiger partial charge in [0.05, 0.1) is 39.0 Å². The Bertz CT molecular complexity index is 3160. The van der Waals surface area contributed by atoms with Crippen LogP contribution in [0.25, 0.3) is 99.9 Å². The number of nitrogens with zero attached hydrogens (tertiary/aromatic N) is 4. The van der Waals surface area contributed by atoms with Crippen molar-refractivity contribution in [3.8, 4) is 56.1 Å². The lowest BCUT2D eigenvalue weighted by Crippen LogP contribution is -1.95. The van der Waals surface area contributed by atoms with Crippen LogP contribution in [0, 0.1) is 0 Å². The lowest BCUT2D eigenvalue weighted by atomic mass is 9.98. The van der Waals surface area contributed by atoms with Crippen LogP contribution in [0.2, 0.25) is 0 Å². The van der Waals surface area contributed by atoms with Crippen molar-refractivity contribution in [2.24, 2.45) is 0 Å². The van der Waals surface area contributed by atoms with Gasteiger partial charge in [-0.3, -0.25) is 4.98 Å². The minimum Gasteiger partial charge on any atom is -0.309 e. The van der Waals surface area contributed by atoms with Gasteiger partial charge in [0.2, 0.25) is 0 Å². The van der Waals surface area contributed by atoms with E-state index in [2.05, 4.69) is 197 Å². The van der Waals surface area contributed by atoms with Crippen molar-refractivity contribution in [1.29, 1.82) is 0 Å². The zero-order valence-corrected chi connectivity index (χ0v) is 30.4. The van der Waals surface area contributed by atoms with Crippen LogP contribution in [0.1, 0.15) is 0 Å². The molecule has 0 atom stereocenters. The molecule has 0 aliphatic carbocycles. The topological polar surface area (TPSA) is 35.6 Å². The second-order valence-corrected chi connectivity index (χ2v) is 14.2. The maximum atomic E-state index is 5.19. The van der Waals surface area contributed by atoms with Gasteiger partial charge in [-0.15, -0.1) is 0 Å². The number of fused-ring (bicyclic) bond motifs is 6. The van der Waals surface area contributed by atoms with Gasteiger partial charge in [-0.2, -0.15) is 0 Å². The van der Waals surface area contributed by atoms with Crippen molar-refractivity contribution < 1.29 is 0 Å². The Morgan fingerprint density at radius 1 is 0.339 bits per heavy atom. The molecule has 0 radical (unpaired) electrons. The summed E-state index contributed by atoms with van der Waals surface area (Å²) in [6.07, 6.45) is 1.89. The van der Waals surface area contributed by atoms with E-state index in [1.807, 2.05) is 18.3 Å². The molecular formula is C52H34N4. The van der Waals surface area contributed by atoms with Gasteiger partial charge in [-0.05, 0) is 95.1 Å². The van der Waals surface area contributed by atoms with E-state index in [4.69, 9.17) is 9.97 Å². The van der Waals surface area contributed by atoms with E-state index in [0.717, 1.165) is 67.0 Å². The number of aromatic nitrogens is 4. The highest BCUT2D eigenvalue weighted by Crippen LogP contribution is 2.41. The Kier molecular flexibility index (Phi) is 7.46. The molecule has 7 aromatic carbocycles. The van der Waals surface area contributed by atoms with Crippen LogP contribution in [0.5, 0.6) is 0 Å². The van der Waals surface area contributed by atoms with Gasteiger partial charge in [-0.1, -0.05) is 127 Å². The molecule has 0 fully saturated rings. The lowest BCUT2D eigenvalue weighted by molar-refractivity contribution is 1.17. The highest BCUT2D eigenvalue weighted by Gasteiger charge is 2.19. The highest BCUT2D eigenvalue weighted by molar-refractivity contribution is 6.17. The zero-order chi connectivity index (χ0) is 37.0. The fraction of sp³-hybridized carbons (Fsp3) is 0. The number of benzene rings is 7. The summed E-state index contributed by atoms with van der Waals surface area (Å²) in [7, 11) is 0. The average molecular weight is 715 g/mol. The Morgan fingerprint density at radius 2 is 0.929 bits per heavy atom. The second kappa shape index (κ2) is 13.1. The molecule has 4 nitrogen and oxygen atoms in total. The molecular weight excluding hydrogens is 681 g/mol. The number of hydrogen-bond acceptors (Lipinski definition) is 2. The summed E-state index contributed by atoms with van der Waals surface area (Å²) < 4.78 is 4.73. The van der Waals surface area contributed by atoms with Gasteiger partial charge in [0.15, 0.2) is 0 Å². The second-order valence-electron chi connectivity index (χ2n) is 14.2. The lowest BCUT2D eigenvalue weighted by Gasteiger charge is -2.12. The molecule has 4 heterocycles. The summed E-state index contributed by atoms with van der Waals surface area (Å²) in [5.74, 6) is 0. The van der Waals surface area contributed by atoms with E-state index < -0.39 is 0 Å². The SMILES string of the molecule is c1ccc(-c2cc(-c3ccccc3)nc(-c3ccc(-n4c5cc(-c6cccc7c6c6ccccc6n7-c6ccccc6)ccc5c5ncccc54)cc3)c2)cc1. The van der Waals surface area contributed by atoms with Gasteiger partial charge in [0, 0.05) is 44.9 Å². The van der Waals surface area contributed by atoms with Crippen LogP contribution < -0.4 is 0 Å². The Balaban J connectivity index is 1.07. The molecule has 0 amide bonds. The summed E-state index contributed by atoms with van der Waals surface area (Å²) in [5.41, 5.74) is 16.5. The quantitative estimate of drug-likeness (QED) is 0.172. The molecule has 0 aliphatic heterocycles. The van der Waals surface area contributed by atoms with Crippen molar-refractivity contribution >= 4 is 43.7 Å². The number of para-hydroxylation sites is 2. The first-order chi connectivity index (χ1) is 27.8. The Hall–Kier alpha value is -7.56. The third kappa shape index (κ3) is 5.23. The average Bonchev–Trinajstić information content (AvgIpc) is 3.80. The normalized spacial score (nSPS) is 11.6. The van der Waals surface area contributed by atoms with Gasteiger partial charge in [-0.25, -0.2) is 4.98 Å². The molecule has 4 aromatic heterocycles. The fourth-order valence-corrected chi connectivity index (χ4v) is 8.41. The maximum Gasteiger partial charge on any atom is 0.0963 e. The van der Waals surface area contributed by atoms with Crippen LogP contribution in [-0.2, 0) is 0 Å². The van der Waals surface area contributed by atoms with Gasteiger partial charge in [0.1, 0.15) is 0 Å². The number of pyridine rings is 2. The molecule has 4 heteroatoms. The molecule has 0 aliphatic rings. The molecule has 0 saturated carbocycles. The summed E-state index contributed by atoms with van der Waals surface area (Å²) in [5, 5.41) is 3.61. The van der Waals surface area contributed by atoms with E-state index in [0.29, 0.717) is 0 Å². The summed E-state index contributed by atoms with van der Waals surface area (Å²) in [6, 6.07) is 71.2. The zero-order valence-electron chi connectivity index (χ0n) is 30.4. The highest BCUT2D eigenvalue weighted by atomic mass is 15.0. The minimum absolute atomic E-state index is 0.936. The third-order valence-corrected chi connectivity index (χ3v) is 11.0. The molecule has 0 bridgehead atoms. The van der Waals surface area contributed by atoms with E-state index in [-0.39, 0.29) is 0 Å². The largest absolute Gasteiger partial charge is 0.309 e. The molecule has 0 spiro atoms. The molecule has 0 N–H and O–H groups in total. The Labute approximate surface area is 324 Å². The van der Waals surface area contributed by atoms with Crippen LogP contribution in [0.3, 0.4) is 0 Å². The monoisotopic (exact) mass is 714 g/mol. The third-order valence-electron chi connectivity index (χ3n) is 11.0. The van der Waals surface area contributed by atoms with Crippen molar-refractivity contribution in [1.82, 2.24) is 19.1 Å². The molecule has 0 saturated heterocycles. The molecule has 56 heavy (non-hydrogen) atoms. The predicted octanol–water partition coefficient (Wildman–Crippen LogP) is 13.3. The van der Waals surface area contributed by atoms with Crippen molar-refractivity contribution in [2.75, 3.05) is 0 Å². The first kappa shape index (κ1) is 31.9. The smallest absolute Gasteiger partial charge is 0.0963 e. The van der Waals surface area contributed by atoms with E-state index in [1.54, 1.807) is 0 Å². The van der Waals surface area contributed by atoms with E-state index in [9.17, 15) is 0 Å². The first-order valence-corrected chi connectivity index (χ1v) is 19.0.